The average molecular weight is 300 g/mol. The third kappa shape index (κ3) is 2.58. The van der Waals surface area contributed by atoms with Gasteiger partial charge in [-0.15, -0.1) is 0 Å². The Morgan fingerprint density at radius 1 is 1.24 bits per heavy atom. The first-order valence-corrected chi connectivity index (χ1v) is 6.27. The summed E-state index contributed by atoms with van der Waals surface area (Å²) in [4.78, 5) is 4.05. The molecule has 2 N–H and O–H groups in total. The van der Waals surface area contributed by atoms with Crippen LogP contribution >= 0.6 is 0 Å². The normalized spacial score (nSPS) is 22.1. The molecule has 1 heterocycles. The van der Waals surface area contributed by atoms with Crippen LogP contribution in [0.3, 0.4) is 0 Å². The average Bonchev–Trinajstić information content (AvgIpc) is 2.83. The number of aliphatic hydroxyl groups excluding tert-OH is 1. The highest BCUT2D eigenvalue weighted by molar-refractivity contribution is 5.58. The first-order chi connectivity index (χ1) is 9.84. The van der Waals surface area contributed by atoms with Gasteiger partial charge in [-0.1, -0.05) is 5.16 Å². The molecule has 1 aromatic carbocycles. The van der Waals surface area contributed by atoms with Crippen LogP contribution in [0, 0.1) is 0 Å². The lowest BCUT2D eigenvalue weighted by Crippen LogP contribution is -2.26. The first kappa shape index (κ1) is 13.9. The number of nitrogens with zero attached hydrogens (tertiary/aromatic N) is 2. The smallest absolute Gasteiger partial charge is 0.419 e. The lowest BCUT2D eigenvalue weighted by Gasteiger charge is -2.27. The van der Waals surface area contributed by atoms with E-state index >= 15 is 0 Å². The van der Waals surface area contributed by atoms with Crippen LogP contribution < -0.4 is 0 Å². The molecule has 0 amide bonds. The quantitative estimate of drug-likeness (QED) is 0.891. The maximum atomic E-state index is 12.7. The van der Waals surface area contributed by atoms with Gasteiger partial charge >= 0.3 is 6.18 Å². The number of hydrogen-bond acceptors (Lipinski definition) is 5. The van der Waals surface area contributed by atoms with Crippen molar-refractivity contribution < 1.29 is 27.9 Å². The molecule has 0 spiro atoms. The standard InChI is InChI=1S/C13H11F3N2O3/c14-13(15,16)9-5-6(1-2-10(9)20)11-17-12(21-18-11)7-3-8(19)4-7/h1-2,5,7-8,19-20H,3-4H2. The van der Waals surface area contributed by atoms with E-state index in [0.29, 0.717) is 18.7 Å². The van der Waals surface area contributed by atoms with Crippen molar-refractivity contribution in [2.24, 2.45) is 0 Å². The molecule has 5 nitrogen and oxygen atoms in total. The fourth-order valence-electron chi connectivity index (χ4n) is 2.21. The number of aromatic hydroxyl groups is 1. The molecule has 0 saturated heterocycles. The summed E-state index contributed by atoms with van der Waals surface area (Å²) in [6, 6.07) is 3.01. The summed E-state index contributed by atoms with van der Waals surface area (Å²) in [5.74, 6) is -0.577. The predicted octanol–water partition coefficient (Wildman–Crippen LogP) is 2.70. The summed E-state index contributed by atoms with van der Waals surface area (Å²) < 4.78 is 43.2. The Morgan fingerprint density at radius 2 is 1.95 bits per heavy atom. The van der Waals surface area contributed by atoms with Crippen LogP contribution in [0.4, 0.5) is 13.2 Å². The topological polar surface area (TPSA) is 79.4 Å². The Labute approximate surface area is 117 Å². The van der Waals surface area contributed by atoms with Crippen molar-refractivity contribution >= 4 is 0 Å². The molecule has 0 bridgehead atoms. The van der Waals surface area contributed by atoms with E-state index in [1.54, 1.807) is 0 Å². The highest BCUT2D eigenvalue weighted by Gasteiger charge is 2.35. The Morgan fingerprint density at radius 3 is 2.57 bits per heavy atom. The number of aliphatic hydroxyl groups is 1. The van der Waals surface area contributed by atoms with Crippen LogP contribution in [0.5, 0.6) is 5.75 Å². The molecule has 0 atom stereocenters. The number of aromatic nitrogens is 2. The SMILES string of the molecule is Oc1ccc(-c2noc(C3CC(O)C3)n2)cc1C(F)(F)F. The zero-order valence-electron chi connectivity index (χ0n) is 10.6. The van der Waals surface area contributed by atoms with Crippen LogP contribution in [0.2, 0.25) is 0 Å². The second kappa shape index (κ2) is 4.73. The summed E-state index contributed by atoms with van der Waals surface area (Å²) in [5, 5.41) is 22.1. The van der Waals surface area contributed by atoms with E-state index in [1.807, 2.05) is 0 Å². The lowest BCUT2D eigenvalue weighted by molar-refractivity contribution is -0.138. The van der Waals surface area contributed by atoms with E-state index in [-0.39, 0.29) is 17.3 Å². The van der Waals surface area contributed by atoms with Crippen molar-refractivity contribution in [3.63, 3.8) is 0 Å². The second-order valence-electron chi connectivity index (χ2n) is 5.01. The van der Waals surface area contributed by atoms with Crippen molar-refractivity contribution in [2.45, 2.75) is 31.0 Å². The molecule has 1 aliphatic rings. The summed E-state index contributed by atoms with van der Waals surface area (Å²) in [6.45, 7) is 0. The Bertz CT molecular complexity index is 663. The third-order valence-corrected chi connectivity index (χ3v) is 3.46. The monoisotopic (exact) mass is 300 g/mol. The molecule has 1 saturated carbocycles. The van der Waals surface area contributed by atoms with Crippen molar-refractivity contribution in [1.29, 1.82) is 0 Å². The summed E-state index contributed by atoms with van der Waals surface area (Å²) in [6.07, 6.45) is -4.04. The molecule has 2 aromatic rings. The lowest BCUT2D eigenvalue weighted by atomic mass is 9.82. The van der Waals surface area contributed by atoms with Gasteiger partial charge in [0.25, 0.3) is 0 Å². The van der Waals surface area contributed by atoms with Gasteiger partial charge in [-0.2, -0.15) is 18.2 Å². The highest BCUT2D eigenvalue weighted by atomic mass is 19.4. The van der Waals surface area contributed by atoms with Gasteiger partial charge in [-0.05, 0) is 31.0 Å². The minimum atomic E-state index is -4.66. The van der Waals surface area contributed by atoms with Crippen LogP contribution in [0.15, 0.2) is 22.7 Å². The fourth-order valence-corrected chi connectivity index (χ4v) is 2.21. The van der Waals surface area contributed by atoms with Crippen molar-refractivity contribution in [2.75, 3.05) is 0 Å². The van der Waals surface area contributed by atoms with E-state index in [2.05, 4.69) is 10.1 Å². The Balaban J connectivity index is 1.90. The molecular weight excluding hydrogens is 289 g/mol. The number of phenols is 1. The van der Waals surface area contributed by atoms with Crippen molar-refractivity contribution in [3.05, 3.63) is 29.7 Å². The summed E-state index contributed by atoms with van der Waals surface area (Å²) >= 11 is 0. The zero-order valence-corrected chi connectivity index (χ0v) is 10.6. The van der Waals surface area contributed by atoms with Gasteiger partial charge in [0.1, 0.15) is 5.75 Å². The van der Waals surface area contributed by atoms with E-state index in [0.717, 1.165) is 12.1 Å². The minimum Gasteiger partial charge on any atom is -0.507 e. The molecule has 112 valence electrons. The van der Waals surface area contributed by atoms with Gasteiger partial charge < -0.3 is 14.7 Å². The maximum Gasteiger partial charge on any atom is 0.419 e. The van der Waals surface area contributed by atoms with E-state index in [9.17, 15) is 23.4 Å². The summed E-state index contributed by atoms with van der Waals surface area (Å²) in [5.41, 5.74) is -1.04. The molecule has 0 aliphatic heterocycles. The van der Waals surface area contributed by atoms with Crippen LogP contribution in [-0.2, 0) is 6.18 Å². The van der Waals surface area contributed by atoms with E-state index < -0.39 is 23.6 Å². The molecule has 21 heavy (non-hydrogen) atoms. The van der Waals surface area contributed by atoms with E-state index in [4.69, 9.17) is 4.52 Å². The third-order valence-electron chi connectivity index (χ3n) is 3.46. The molecule has 3 rings (SSSR count). The molecule has 1 fully saturated rings. The molecule has 1 aliphatic carbocycles. The molecular formula is C13H11F3N2O3. The zero-order chi connectivity index (χ0) is 15.2. The number of phenolic OH excluding ortho intramolecular Hbond substituents is 1. The number of halogens is 3. The van der Waals surface area contributed by atoms with Crippen molar-refractivity contribution in [1.82, 2.24) is 10.1 Å². The van der Waals surface area contributed by atoms with Gasteiger partial charge in [0.15, 0.2) is 0 Å². The molecule has 1 aromatic heterocycles. The van der Waals surface area contributed by atoms with Gasteiger partial charge in [0.05, 0.1) is 11.7 Å². The van der Waals surface area contributed by atoms with Crippen LogP contribution in [-0.4, -0.2) is 26.5 Å². The van der Waals surface area contributed by atoms with E-state index in [1.165, 1.54) is 6.07 Å². The number of rotatable bonds is 2. The minimum absolute atomic E-state index is 0.0249. The van der Waals surface area contributed by atoms with Crippen LogP contribution in [0.25, 0.3) is 11.4 Å². The van der Waals surface area contributed by atoms with Gasteiger partial charge in [0.2, 0.25) is 11.7 Å². The van der Waals surface area contributed by atoms with Gasteiger partial charge in [-0.25, -0.2) is 0 Å². The Kier molecular flexibility index (Phi) is 3.12. The number of benzene rings is 1. The Hall–Kier alpha value is -2.09. The second-order valence-corrected chi connectivity index (χ2v) is 5.01. The number of alkyl halides is 3. The molecule has 0 radical (unpaired) electrons. The van der Waals surface area contributed by atoms with Gasteiger partial charge in [0, 0.05) is 11.5 Å². The maximum absolute atomic E-state index is 12.7. The molecule has 0 unspecified atom stereocenters. The highest BCUT2D eigenvalue weighted by Crippen LogP contribution is 2.39. The fraction of sp³-hybridized carbons (Fsp3) is 0.385. The predicted molar refractivity (Wildman–Crippen MR) is 64.4 cm³/mol. The van der Waals surface area contributed by atoms with Gasteiger partial charge in [-0.3, -0.25) is 0 Å². The number of hydrogen-bond donors (Lipinski definition) is 2. The largest absolute Gasteiger partial charge is 0.507 e. The van der Waals surface area contributed by atoms with Crippen LogP contribution in [0.1, 0.15) is 30.2 Å². The summed E-state index contributed by atoms with van der Waals surface area (Å²) in [7, 11) is 0. The molecule has 8 heteroatoms. The first-order valence-electron chi connectivity index (χ1n) is 6.27. The van der Waals surface area contributed by atoms with Crippen molar-refractivity contribution in [3.8, 4) is 17.1 Å².